The first kappa shape index (κ1) is 18.0. The molecule has 1 fully saturated rings. The molecule has 1 amide bonds. The fraction of sp³-hybridized carbons (Fsp3) is 0.333. The zero-order valence-electron chi connectivity index (χ0n) is 14.8. The minimum atomic E-state index is -0.781. The van der Waals surface area contributed by atoms with Crippen LogP contribution >= 0.6 is 0 Å². The van der Waals surface area contributed by atoms with E-state index in [0.29, 0.717) is 31.4 Å². The van der Waals surface area contributed by atoms with Crippen molar-refractivity contribution in [3.05, 3.63) is 54.1 Å². The number of hydrogen-bond donors (Lipinski definition) is 2. The van der Waals surface area contributed by atoms with Gasteiger partial charge in [0.1, 0.15) is 5.75 Å². The molecule has 2 atom stereocenters. The van der Waals surface area contributed by atoms with Crippen molar-refractivity contribution in [2.45, 2.75) is 32.2 Å². The lowest BCUT2D eigenvalue weighted by atomic mass is 10.0. The van der Waals surface area contributed by atoms with Gasteiger partial charge in [-0.3, -0.25) is 9.59 Å². The number of carbonyl (C=O) groups is 2. The second-order valence-electron chi connectivity index (χ2n) is 6.53. The molecule has 0 heterocycles. The van der Waals surface area contributed by atoms with Crippen molar-refractivity contribution in [3.63, 3.8) is 0 Å². The van der Waals surface area contributed by atoms with Gasteiger partial charge in [-0.2, -0.15) is 0 Å². The third-order valence-corrected chi connectivity index (χ3v) is 4.74. The van der Waals surface area contributed by atoms with Gasteiger partial charge in [-0.25, -0.2) is 0 Å². The predicted molar refractivity (Wildman–Crippen MR) is 99.3 cm³/mol. The van der Waals surface area contributed by atoms with Crippen LogP contribution in [0.4, 0.5) is 0 Å². The summed E-state index contributed by atoms with van der Waals surface area (Å²) in [6.45, 7) is 2.51. The molecule has 0 unspecified atom stereocenters. The van der Waals surface area contributed by atoms with E-state index in [9.17, 15) is 9.59 Å². The average molecular weight is 353 g/mol. The van der Waals surface area contributed by atoms with Gasteiger partial charge in [0.25, 0.3) is 5.91 Å². The number of rotatable bonds is 6. The molecule has 0 radical (unpaired) electrons. The largest absolute Gasteiger partial charge is 0.493 e. The first-order chi connectivity index (χ1) is 12.6. The third-order valence-electron chi connectivity index (χ3n) is 4.74. The van der Waals surface area contributed by atoms with Gasteiger partial charge in [-0.15, -0.1) is 0 Å². The Morgan fingerprint density at radius 3 is 2.69 bits per heavy atom. The van der Waals surface area contributed by atoms with Crippen molar-refractivity contribution >= 4 is 11.9 Å². The van der Waals surface area contributed by atoms with Crippen molar-refractivity contribution in [2.75, 3.05) is 6.61 Å². The number of carboxylic acids is 1. The van der Waals surface area contributed by atoms with Crippen molar-refractivity contribution in [2.24, 2.45) is 5.92 Å². The van der Waals surface area contributed by atoms with E-state index < -0.39 is 5.97 Å². The van der Waals surface area contributed by atoms with Crippen LogP contribution in [-0.4, -0.2) is 29.6 Å². The zero-order valence-corrected chi connectivity index (χ0v) is 14.8. The maximum absolute atomic E-state index is 12.6. The number of benzene rings is 2. The lowest BCUT2D eigenvalue weighted by molar-refractivity contribution is -0.141. The van der Waals surface area contributed by atoms with E-state index in [4.69, 9.17) is 9.84 Å². The number of carbonyl (C=O) groups excluding carboxylic acids is 1. The fourth-order valence-corrected chi connectivity index (χ4v) is 3.42. The van der Waals surface area contributed by atoms with Crippen LogP contribution in [0.1, 0.15) is 36.5 Å². The van der Waals surface area contributed by atoms with Gasteiger partial charge in [-0.1, -0.05) is 30.3 Å². The minimum absolute atomic E-state index is 0.0806. The Kier molecular flexibility index (Phi) is 5.56. The van der Waals surface area contributed by atoms with Gasteiger partial charge in [0.05, 0.1) is 12.5 Å². The van der Waals surface area contributed by atoms with Crippen LogP contribution in [0.2, 0.25) is 0 Å². The molecule has 2 N–H and O–H groups in total. The van der Waals surface area contributed by atoms with Crippen molar-refractivity contribution in [3.8, 4) is 16.9 Å². The number of nitrogens with one attached hydrogen (secondary N) is 1. The standard InChI is InChI=1S/C21H23NO4/c1-2-26-19-9-4-3-8-18(19)14-6-5-7-15(12-14)20(23)22-17-11-10-16(13-17)21(24)25/h3-9,12,16-17H,2,10-11,13H2,1H3,(H,22,23)(H,24,25)/t16-,17+/m1/s1. The van der Waals surface area contributed by atoms with Crippen LogP contribution in [0.3, 0.4) is 0 Å². The molecule has 1 saturated carbocycles. The maximum atomic E-state index is 12.6. The van der Waals surface area contributed by atoms with E-state index in [-0.39, 0.29) is 17.9 Å². The molecule has 5 heteroatoms. The van der Waals surface area contributed by atoms with Crippen LogP contribution < -0.4 is 10.1 Å². The molecular weight excluding hydrogens is 330 g/mol. The Hall–Kier alpha value is -2.82. The molecule has 1 aliphatic carbocycles. The molecule has 0 bridgehead atoms. The van der Waals surface area contributed by atoms with E-state index in [0.717, 1.165) is 16.9 Å². The predicted octanol–water partition coefficient (Wildman–Crippen LogP) is 3.74. The highest BCUT2D eigenvalue weighted by Crippen LogP contribution is 2.30. The van der Waals surface area contributed by atoms with Gasteiger partial charge in [0.2, 0.25) is 0 Å². The van der Waals surface area contributed by atoms with Crippen molar-refractivity contribution in [1.82, 2.24) is 5.32 Å². The summed E-state index contributed by atoms with van der Waals surface area (Å²) >= 11 is 0. The number of hydrogen-bond acceptors (Lipinski definition) is 3. The summed E-state index contributed by atoms with van der Waals surface area (Å²) in [7, 11) is 0. The topological polar surface area (TPSA) is 75.6 Å². The molecule has 0 spiro atoms. The second kappa shape index (κ2) is 8.04. The Morgan fingerprint density at radius 1 is 1.15 bits per heavy atom. The first-order valence-corrected chi connectivity index (χ1v) is 8.94. The lowest BCUT2D eigenvalue weighted by Crippen LogP contribution is -2.33. The molecule has 0 aliphatic heterocycles. The number of carboxylic acid groups (broad SMARTS) is 1. The zero-order chi connectivity index (χ0) is 18.5. The summed E-state index contributed by atoms with van der Waals surface area (Å²) in [4.78, 5) is 23.6. The minimum Gasteiger partial charge on any atom is -0.493 e. The highest BCUT2D eigenvalue weighted by molar-refractivity contribution is 5.96. The van der Waals surface area contributed by atoms with E-state index >= 15 is 0 Å². The Bertz CT molecular complexity index is 802. The molecule has 5 nitrogen and oxygen atoms in total. The van der Waals surface area contributed by atoms with E-state index in [2.05, 4.69) is 5.32 Å². The number of para-hydroxylation sites is 1. The highest BCUT2D eigenvalue weighted by Gasteiger charge is 2.30. The van der Waals surface area contributed by atoms with E-state index in [1.54, 1.807) is 6.07 Å². The summed E-state index contributed by atoms with van der Waals surface area (Å²) in [5, 5.41) is 12.1. The van der Waals surface area contributed by atoms with Gasteiger partial charge in [-0.05, 0) is 49.9 Å². The van der Waals surface area contributed by atoms with E-state index in [1.165, 1.54) is 0 Å². The summed E-state index contributed by atoms with van der Waals surface area (Å²) < 4.78 is 5.68. The second-order valence-corrected chi connectivity index (χ2v) is 6.53. The molecule has 0 aromatic heterocycles. The van der Waals surface area contributed by atoms with E-state index in [1.807, 2.05) is 49.4 Å². The number of aliphatic carboxylic acids is 1. The molecule has 3 rings (SSSR count). The summed E-state index contributed by atoms with van der Waals surface area (Å²) in [5.74, 6) is -0.523. The fourth-order valence-electron chi connectivity index (χ4n) is 3.42. The normalized spacial score (nSPS) is 19.1. The monoisotopic (exact) mass is 353 g/mol. The van der Waals surface area contributed by atoms with Crippen LogP contribution in [0.25, 0.3) is 11.1 Å². The quantitative estimate of drug-likeness (QED) is 0.830. The van der Waals surface area contributed by atoms with Gasteiger partial charge in [0, 0.05) is 17.2 Å². The molecular formula is C21H23NO4. The molecule has 0 saturated heterocycles. The van der Waals surface area contributed by atoms with Crippen LogP contribution in [0.15, 0.2) is 48.5 Å². The Balaban J connectivity index is 1.75. The maximum Gasteiger partial charge on any atom is 0.306 e. The molecule has 136 valence electrons. The smallest absolute Gasteiger partial charge is 0.306 e. The third kappa shape index (κ3) is 4.04. The first-order valence-electron chi connectivity index (χ1n) is 8.94. The highest BCUT2D eigenvalue weighted by atomic mass is 16.5. The Labute approximate surface area is 153 Å². The molecule has 2 aromatic carbocycles. The molecule has 1 aliphatic rings. The summed E-state index contributed by atoms with van der Waals surface area (Å²) in [6.07, 6.45) is 1.81. The van der Waals surface area contributed by atoms with Crippen molar-refractivity contribution in [1.29, 1.82) is 0 Å². The van der Waals surface area contributed by atoms with Crippen LogP contribution in [0.5, 0.6) is 5.75 Å². The van der Waals surface area contributed by atoms with Crippen molar-refractivity contribution < 1.29 is 19.4 Å². The lowest BCUT2D eigenvalue weighted by Gasteiger charge is -2.14. The van der Waals surface area contributed by atoms with Crippen LogP contribution in [0, 0.1) is 5.92 Å². The van der Waals surface area contributed by atoms with Gasteiger partial charge < -0.3 is 15.2 Å². The summed E-state index contributed by atoms with van der Waals surface area (Å²) in [5.41, 5.74) is 2.42. The Morgan fingerprint density at radius 2 is 1.96 bits per heavy atom. The average Bonchev–Trinajstić information content (AvgIpc) is 3.11. The van der Waals surface area contributed by atoms with Crippen LogP contribution in [-0.2, 0) is 4.79 Å². The van der Waals surface area contributed by atoms with Gasteiger partial charge >= 0.3 is 5.97 Å². The number of ether oxygens (including phenoxy) is 1. The molecule has 26 heavy (non-hydrogen) atoms. The molecule has 2 aromatic rings. The summed E-state index contributed by atoms with van der Waals surface area (Å²) in [6, 6.07) is 15.1. The van der Waals surface area contributed by atoms with Gasteiger partial charge in [0.15, 0.2) is 0 Å². The SMILES string of the molecule is CCOc1ccccc1-c1cccc(C(=O)N[C@H]2CC[C@@H](C(=O)O)C2)c1. The number of amides is 1.